The molecule has 3 heteroatoms. The molecule has 1 rings (SSSR count). The molecule has 0 radical (unpaired) electrons. The number of nitrogens with zero attached hydrogens (tertiary/aromatic N) is 1. The lowest BCUT2D eigenvalue weighted by Gasteiger charge is -2.03. The van der Waals surface area contributed by atoms with E-state index in [2.05, 4.69) is 34.5 Å². The minimum atomic E-state index is 0.707. The van der Waals surface area contributed by atoms with Crippen LogP contribution in [0.1, 0.15) is 24.8 Å². The molecule has 0 saturated carbocycles. The van der Waals surface area contributed by atoms with Gasteiger partial charge in [-0.05, 0) is 37.0 Å². The zero-order chi connectivity index (χ0) is 11.5. The second-order valence-corrected chi connectivity index (χ2v) is 3.75. The highest BCUT2D eigenvalue weighted by atomic mass is 32.1. The Morgan fingerprint density at radius 1 is 1.12 bits per heavy atom. The highest BCUT2D eigenvalue weighted by molar-refractivity contribution is 7.78. The van der Waals surface area contributed by atoms with Crippen LogP contribution in [0, 0.1) is 0 Å². The first-order valence-electron chi connectivity index (χ1n) is 5.59. The summed E-state index contributed by atoms with van der Waals surface area (Å²) in [4.78, 5) is 3.86. The van der Waals surface area contributed by atoms with Crippen molar-refractivity contribution in [3.8, 4) is 0 Å². The van der Waals surface area contributed by atoms with E-state index in [1.165, 1.54) is 5.56 Å². The Morgan fingerprint density at radius 2 is 1.94 bits per heavy atom. The van der Waals surface area contributed by atoms with Crippen molar-refractivity contribution in [1.29, 1.82) is 0 Å². The van der Waals surface area contributed by atoms with Gasteiger partial charge in [0.25, 0.3) is 0 Å². The van der Waals surface area contributed by atoms with Crippen molar-refractivity contribution in [2.24, 2.45) is 4.99 Å². The fourth-order valence-electron chi connectivity index (χ4n) is 1.38. The maximum atomic E-state index is 5.56. The fraction of sp³-hybridized carbons (Fsp3) is 0.462. The molecule has 0 bridgehead atoms. The normalized spacial score (nSPS) is 9.75. The van der Waals surface area contributed by atoms with Gasteiger partial charge in [0, 0.05) is 13.2 Å². The van der Waals surface area contributed by atoms with Crippen LogP contribution >= 0.6 is 12.2 Å². The van der Waals surface area contributed by atoms with Gasteiger partial charge >= 0.3 is 0 Å². The Morgan fingerprint density at radius 3 is 2.69 bits per heavy atom. The topological polar surface area (TPSA) is 21.6 Å². The number of hydrogen-bond donors (Lipinski definition) is 0. The van der Waals surface area contributed by atoms with Crippen LogP contribution < -0.4 is 0 Å². The maximum absolute atomic E-state index is 5.56. The number of benzene rings is 1. The molecule has 0 aliphatic carbocycles. The van der Waals surface area contributed by atoms with Crippen LogP contribution in [0.5, 0.6) is 0 Å². The molecule has 0 aliphatic rings. The molecule has 1 aromatic carbocycles. The van der Waals surface area contributed by atoms with Crippen molar-refractivity contribution >= 4 is 17.4 Å². The Labute approximate surface area is 102 Å². The van der Waals surface area contributed by atoms with Gasteiger partial charge in [-0.1, -0.05) is 30.3 Å². The second-order valence-electron chi connectivity index (χ2n) is 3.57. The van der Waals surface area contributed by atoms with Crippen molar-refractivity contribution in [2.45, 2.75) is 25.9 Å². The van der Waals surface area contributed by atoms with Crippen molar-refractivity contribution in [3.63, 3.8) is 0 Å². The van der Waals surface area contributed by atoms with Crippen molar-refractivity contribution in [1.82, 2.24) is 0 Å². The SMILES string of the molecule is S=C=NCCCCCOCc1ccccc1. The van der Waals surface area contributed by atoms with Crippen LogP contribution in [-0.4, -0.2) is 18.3 Å². The summed E-state index contributed by atoms with van der Waals surface area (Å²) in [6, 6.07) is 10.2. The lowest BCUT2D eigenvalue weighted by atomic mass is 10.2. The largest absolute Gasteiger partial charge is 0.377 e. The van der Waals surface area contributed by atoms with Crippen LogP contribution in [0.3, 0.4) is 0 Å². The van der Waals surface area contributed by atoms with E-state index in [0.29, 0.717) is 6.61 Å². The third-order valence-corrected chi connectivity index (χ3v) is 2.36. The summed E-state index contributed by atoms with van der Waals surface area (Å²) >= 11 is 4.48. The number of hydrogen-bond acceptors (Lipinski definition) is 3. The van der Waals surface area contributed by atoms with Crippen LogP contribution in [-0.2, 0) is 11.3 Å². The predicted octanol–water partition coefficient (Wildman–Crippen LogP) is 3.48. The monoisotopic (exact) mass is 235 g/mol. The molecule has 0 aliphatic heterocycles. The maximum Gasteiger partial charge on any atom is 0.0716 e. The number of isothiocyanates is 1. The first-order valence-corrected chi connectivity index (χ1v) is 5.99. The fourth-order valence-corrected chi connectivity index (χ4v) is 1.47. The summed E-state index contributed by atoms with van der Waals surface area (Å²) in [5.74, 6) is 0. The van der Waals surface area contributed by atoms with Crippen LogP contribution in [0.2, 0.25) is 0 Å². The van der Waals surface area contributed by atoms with Crippen LogP contribution in [0.4, 0.5) is 0 Å². The number of unbranched alkanes of at least 4 members (excludes halogenated alkanes) is 2. The molecule has 0 unspecified atom stereocenters. The number of thiocarbonyl (C=S) groups is 1. The quantitative estimate of drug-likeness (QED) is 0.391. The summed E-state index contributed by atoms with van der Waals surface area (Å²) in [5.41, 5.74) is 1.23. The van der Waals surface area contributed by atoms with E-state index < -0.39 is 0 Å². The van der Waals surface area contributed by atoms with Crippen LogP contribution in [0.25, 0.3) is 0 Å². The molecule has 0 spiro atoms. The number of rotatable bonds is 8. The Hall–Kier alpha value is -1.02. The minimum absolute atomic E-state index is 0.707. The van der Waals surface area contributed by atoms with Gasteiger partial charge in [-0.25, -0.2) is 4.99 Å². The Bertz CT molecular complexity index is 320. The van der Waals surface area contributed by atoms with E-state index in [1.807, 2.05) is 18.2 Å². The molecule has 16 heavy (non-hydrogen) atoms. The first kappa shape index (κ1) is 13.0. The predicted molar refractivity (Wildman–Crippen MR) is 69.8 cm³/mol. The van der Waals surface area contributed by atoms with Gasteiger partial charge in [0.2, 0.25) is 0 Å². The molecular formula is C13H17NOS. The Balaban J connectivity index is 1.94. The lowest BCUT2D eigenvalue weighted by Crippen LogP contribution is -1.95. The molecular weight excluding hydrogens is 218 g/mol. The van der Waals surface area contributed by atoms with E-state index in [9.17, 15) is 0 Å². The molecule has 2 nitrogen and oxygen atoms in total. The van der Waals surface area contributed by atoms with Gasteiger partial charge in [0.05, 0.1) is 11.8 Å². The molecule has 0 fully saturated rings. The average Bonchev–Trinajstić information content (AvgIpc) is 2.34. The van der Waals surface area contributed by atoms with Gasteiger partial charge in [0.15, 0.2) is 0 Å². The van der Waals surface area contributed by atoms with E-state index in [1.54, 1.807) is 0 Å². The van der Waals surface area contributed by atoms with Crippen molar-refractivity contribution in [2.75, 3.05) is 13.2 Å². The number of aliphatic imine (C=N–C) groups is 1. The van der Waals surface area contributed by atoms with Gasteiger partial charge in [0.1, 0.15) is 0 Å². The molecule has 0 heterocycles. The minimum Gasteiger partial charge on any atom is -0.377 e. The standard InChI is InChI=1S/C13H17NOS/c16-12-14-9-5-2-6-10-15-11-13-7-3-1-4-8-13/h1,3-4,7-8H,2,5-6,9-11H2. The molecule has 0 aromatic heterocycles. The summed E-state index contributed by atoms with van der Waals surface area (Å²) in [6.45, 7) is 2.32. The third-order valence-electron chi connectivity index (χ3n) is 2.23. The highest BCUT2D eigenvalue weighted by Crippen LogP contribution is 2.02. The smallest absolute Gasteiger partial charge is 0.0716 e. The molecule has 0 atom stereocenters. The van der Waals surface area contributed by atoms with E-state index in [-0.39, 0.29) is 0 Å². The molecule has 0 saturated heterocycles. The molecule has 1 aromatic rings. The summed E-state index contributed by atoms with van der Waals surface area (Å²) in [5, 5.41) is 2.37. The number of ether oxygens (including phenoxy) is 1. The second kappa shape index (κ2) is 9.22. The summed E-state index contributed by atoms with van der Waals surface area (Å²) < 4.78 is 5.56. The molecule has 86 valence electrons. The summed E-state index contributed by atoms with van der Waals surface area (Å²) in [6.07, 6.45) is 3.29. The Kier molecular flexibility index (Phi) is 7.52. The van der Waals surface area contributed by atoms with Gasteiger partial charge in [-0.2, -0.15) is 0 Å². The zero-order valence-electron chi connectivity index (χ0n) is 9.39. The van der Waals surface area contributed by atoms with Crippen molar-refractivity contribution in [3.05, 3.63) is 35.9 Å². The van der Waals surface area contributed by atoms with E-state index in [4.69, 9.17) is 4.74 Å². The van der Waals surface area contributed by atoms with Crippen molar-refractivity contribution < 1.29 is 4.74 Å². The van der Waals surface area contributed by atoms with Gasteiger partial charge in [-0.3, -0.25) is 0 Å². The first-order chi connectivity index (χ1) is 7.93. The highest BCUT2D eigenvalue weighted by Gasteiger charge is 1.92. The van der Waals surface area contributed by atoms with E-state index in [0.717, 1.165) is 32.4 Å². The zero-order valence-corrected chi connectivity index (χ0v) is 10.2. The molecule has 0 amide bonds. The lowest BCUT2D eigenvalue weighted by molar-refractivity contribution is 0.117. The van der Waals surface area contributed by atoms with E-state index >= 15 is 0 Å². The summed E-state index contributed by atoms with van der Waals surface area (Å²) in [7, 11) is 0. The van der Waals surface area contributed by atoms with Gasteiger partial charge < -0.3 is 4.74 Å². The average molecular weight is 235 g/mol. The van der Waals surface area contributed by atoms with Gasteiger partial charge in [-0.15, -0.1) is 0 Å². The third kappa shape index (κ3) is 6.46. The molecule has 0 N–H and O–H groups in total. The van der Waals surface area contributed by atoms with Crippen LogP contribution in [0.15, 0.2) is 35.3 Å².